The number of amides is 1. The molecular formula is C20H18N6O2. The van der Waals surface area contributed by atoms with Crippen molar-refractivity contribution in [2.75, 3.05) is 13.1 Å². The number of aromatic amines is 1. The van der Waals surface area contributed by atoms with Gasteiger partial charge in [0.15, 0.2) is 11.3 Å². The van der Waals surface area contributed by atoms with E-state index in [1.165, 1.54) is 0 Å². The van der Waals surface area contributed by atoms with Crippen LogP contribution in [0.1, 0.15) is 35.1 Å². The number of benzene rings is 1. The smallest absolute Gasteiger partial charge is 0.274 e. The van der Waals surface area contributed by atoms with Gasteiger partial charge >= 0.3 is 0 Å². The molecule has 140 valence electrons. The zero-order chi connectivity index (χ0) is 19.1. The fourth-order valence-electron chi connectivity index (χ4n) is 3.94. The van der Waals surface area contributed by atoms with E-state index in [0.29, 0.717) is 23.9 Å². The van der Waals surface area contributed by atoms with Crippen molar-refractivity contribution in [3.8, 4) is 0 Å². The molecule has 0 unspecified atom stereocenters. The first-order chi connectivity index (χ1) is 13.7. The molecule has 1 saturated heterocycles. The third-order valence-electron chi connectivity index (χ3n) is 5.31. The minimum atomic E-state index is -0.293. The van der Waals surface area contributed by atoms with Crippen LogP contribution in [0.2, 0.25) is 0 Å². The lowest BCUT2D eigenvalue weighted by molar-refractivity contribution is 0.0699. The molecule has 3 aromatic heterocycles. The Kier molecular flexibility index (Phi) is 3.89. The van der Waals surface area contributed by atoms with Gasteiger partial charge in [0.2, 0.25) is 0 Å². The topological polar surface area (TPSA) is 96.2 Å². The zero-order valence-electron chi connectivity index (χ0n) is 15.1. The quantitative estimate of drug-likeness (QED) is 0.579. The van der Waals surface area contributed by atoms with E-state index in [-0.39, 0.29) is 23.1 Å². The minimum absolute atomic E-state index is 0.101. The number of carbonyl (C=O) groups is 1. The van der Waals surface area contributed by atoms with Crippen molar-refractivity contribution >= 4 is 22.3 Å². The van der Waals surface area contributed by atoms with Crippen LogP contribution in [-0.2, 0) is 0 Å². The summed E-state index contributed by atoms with van der Waals surface area (Å²) in [5, 5.41) is 16.1. The highest BCUT2D eigenvalue weighted by Gasteiger charge is 2.30. The van der Waals surface area contributed by atoms with Crippen LogP contribution in [0.15, 0.2) is 53.5 Å². The molecule has 8 heteroatoms. The molecule has 1 aliphatic heterocycles. The third kappa shape index (κ3) is 2.65. The van der Waals surface area contributed by atoms with Gasteiger partial charge in [-0.1, -0.05) is 24.3 Å². The molecule has 0 radical (unpaired) electrons. The number of H-pyrrole nitrogens is 1. The number of carbonyl (C=O) groups excluding carboxylic acids is 1. The second kappa shape index (κ2) is 6.56. The summed E-state index contributed by atoms with van der Waals surface area (Å²) in [6, 6.07) is 12.8. The molecule has 0 spiro atoms. The highest BCUT2D eigenvalue weighted by Crippen LogP contribution is 2.27. The molecule has 1 amide bonds. The largest absolute Gasteiger partial charge is 0.337 e. The number of likely N-dealkylation sites (tertiary alicyclic amines) is 1. The number of fused-ring (bicyclic) bond motifs is 2. The number of hydrogen-bond donors (Lipinski definition) is 1. The standard InChI is InChI=1S/C20H18N6O2/c27-19-15-8-2-1-7-14(15)17(22-24-19)20(28)25-10-5-6-13(12-25)18-23-21-16-9-3-4-11-26(16)18/h1-4,7-9,11,13H,5-6,10,12H2,(H,24,27)/t13-/m0/s1. The molecule has 0 bridgehead atoms. The molecule has 1 fully saturated rings. The molecule has 28 heavy (non-hydrogen) atoms. The Morgan fingerprint density at radius 3 is 2.79 bits per heavy atom. The number of nitrogens with zero attached hydrogens (tertiary/aromatic N) is 5. The third-order valence-corrected chi connectivity index (χ3v) is 5.31. The summed E-state index contributed by atoms with van der Waals surface area (Å²) in [5.41, 5.74) is 0.787. The summed E-state index contributed by atoms with van der Waals surface area (Å²) in [6.45, 7) is 1.20. The molecule has 1 aliphatic rings. The number of rotatable bonds is 2. The first kappa shape index (κ1) is 16.6. The Hall–Kier alpha value is -3.55. The Balaban J connectivity index is 1.48. The second-order valence-corrected chi connectivity index (χ2v) is 7.02. The van der Waals surface area contributed by atoms with E-state index >= 15 is 0 Å². The Bertz CT molecular complexity index is 1240. The predicted octanol–water partition coefficient (Wildman–Crippen LogP) is 1.99. The van der Waals surface area contributed by atoms with Crippen molar-refractivity contribution in [1.82, 2.24) is 29.7 Å². The van der Waals surface area contributed by atoms with E-state index in [9.17, 15) is 9.59 Å². The van der Waals surface area contributed by atoms with Gasteiger partial charge < -0.3 is 4.90 Å². The van der Waals surface area contributed by atoms with Crippen LogP contribution in [0.4, 0.5) is 0 Å². The summed E-state index contributed by atoms with van der Waals surface area (Å²) in [5.74, 6) is 0.794. The molecule has 1 N–H and O–H groups in total. The van der Waals surface area contributed by atoms with Gasteiger partial charge in [0, 0.05) is 30.6 Å². The van der Waals surface area contributed by atoms with E-state index in [4.69, 9.17) is 0 Å². The van der Waals surface area contributed by atoms with E-state index in [1.54, 1.807) is 23.1 Å². The Labute approximate surface area is 159 Å². The predicted molar refractivity (Wildman–Crippen MR) is 103 cm³/mol. The van der Waals surface area contributed by atoms with Gasteiger partial charge in [-0.05, 0) is 31.0 Å². The lowest BCUT2D eigenvalue weighted by atomic mass is 9.96. The Morgan fingerprint density at radius 2 is 1.89 bits per heavy atom. The molecule has 0 aliphatic carbocycles. The van der Waals surface area contributed by atoms with Gasteiger partial charge in [-0.25, -0.2) is 5.10 Å². The number of hydrogen-bond acceptors (Lipinski definition) is 5. The summed E-state index contributed by atoms with van der Waals surface area (Å²) in [4.78, 5) is 27.0. The highest BCUT2D eigenvalue weighted by atomic mass is 16.2. The molecular weight excluding hydrogens is 356 g/mol. The first-order valence-electron chi connectivity index (χ1n) is 9.29. The van der Waals surface area contributed by atoms with E-state index in [1.807, 2.05) is 34.9 Å². The molecule has 5 rings (SSSR count). The van der Waals surface area contributed by atoms with Crippen molar-refractivity contribution in [2.24, 2.45) is 0 Å². The van der Waals surface area contributed by atoms with Gasteiger partial charge in [-0.2, -0.15) is 5.10 Å². The summed E-state index contributed by atoms with van der Waals surface area (Å²) < 4.78 is 1.98. The fraction of sp³-hybridized carbons (Fsp3) is 0.250. The minimum Gasteiger partial charge on any atom is -0.337 e. The summed E-state index contributed by atoms with van der Waals surface area (Å²) >= 11 is 0. The van der Waals surface area contributed by atoms with Crippen molar-refractivity contribution in [3.05, 3.63) is 70.5 Å². The van der Waals surface area contributed by atoms with Gasteiger partial charge in [-0.15, -0.1) is 10.2 Å². The van der Waals surface area contributed by atoms with Crippen LogP contribution in [0.25, 0.3) is 16.4 Å². The highest BCUT2D eigenvalue weighted by molar-refractivity contribution is 6.04. The number of aromatic nitrogens is 5. The summed E-state index contributed by atoms with van der Waals surface area (Å²) in [6.07, 6.45) is 3.77. The van der Waals surface area contributed by atoms with Crippen LogP contribution in [-0.4, -0.2) is 48.7 Å². The van der Waals surface area contributed by atoms with Crippen LogP contribution in [0, 0.1) is 0 Å². The van der Waals surface area contributed by atoms with Crippen molar-refractivity contribution in [1.29, 1.82) is 0 Å². The molecule has 1 atom stereocenters. The number of piperidine rings is 1. The van der Waals surface area contributed by atoms with Gasteiger partial charge in [-0.3, -0.25) is 14.0 Å². The molecule has 8 nitrogen and oxygen atoms in total. The van der Waals surface area contributed by atoms with E-state index in [2.05, 4.69) is 20.4 Å². The van der Waals surface area contributed by atoms with Crippen LogP contribution >= 0.6 is 0 Å². The van der Waals surface area contributed by atoms with E-state index in [0.717, 1.165) is 24.3 Å². The number of pyridine rings is 1. The van der Waals surface area contributed by atoms with Crippen LogP contribution < -0.4 is 5.56 Å². The monoisotopic (exact) mass is 374 g/mol. The van der Waals surface area contributed by atoms with Crippen LogP contribution in [0.5, 0.6) is 0 Å². The second-order valence-electron chi connectivity index (χ2n) is 7.02. The fourth-order valence-corrected chi connectivity index (χ4v) is 3.94. The van der Waals surface area contributed by atoms with Gasteiger partial charge in [0.25, 0.3) is 11.5 Å². The zero-order valence-corrected chi connectivity index (χ0v) is 15.1. The molecule has 0 saturated carbocycles. The maximum atomic E-state index is 13.2. The maximum absolute atomic E-state index is 13.2. The molecule has 1 aromatic carbocycles. The molecule has 4 aromatic rings. The van der Waals surface area contributed by atoms with Gasteiger partial charge in [0.1, 0.15) is 5.82 Å². The first-order valence-corrected chi connectivity index (χ1v) is 9.29. The van der Waals surface area contributed by atoms with Crippen LogP contribution in [0.3, 0.4) is 0 Å². The SMILES string of the molecule is O=C(c1n[nH]c(=O)c2ccccc12)N1CCC[C@H](c2nnc3ccccn23)C1. The normalized spacial score (nSPS) is 17.3. The maximum Gasteiger partial charge on any atom is 0.274 e. The van der Waals surface area contributed by atoms with E-state index < -0.39 is 0 Å². The summed E-state index contributed by atoms with van der Waals surface area (Å²) in [7, 11) is 0. The molecule has 4 heterocycles. The van der Waals surface area contributed by atoms with Gasteiger partial charge in [0.05, 0.1) is 5.39 Å². The lowest BCUT2D eigenvalue weighted by Crippen LogP contribution is -2.40. The average molecular weight is 374 g/mol. The average Bonchev–Trinajstić information content (AvgIpc) is 3.18. The van der Waals surface area contributed by atoms with Crippen molar-refractivity contribution in [2.45, 2.75) is 18.8 Å². The van der Waals surface area contributed by atoms with Crippen molar-refractivity contribution < 1.29 is 4.79 Å². The lowest BCUT2D eigenvalue weighted by Gasteiger charge is -2.31. The Morgan fingerprint density at radius 1 is 1.07 bits per heavy atom. The number of nitrogens with one attached hydrogen (secondary N) is 1. The van der Waals surface area contributed by atoms with Crippen molar-refractivity contribution in [3.63, 3.8) is 0 Å².